The third kappa shape index (κ3) is 26.0. The van der Waals surface area contributed by atoms with Crippen LogP contribution in [0.3, 0.4) is 0 Å². The zero-order chi connectivity index (χ0) is 50.4. The van der Waals surface area contributed by atoms with E-state index in [-0.39, 0.29) is 51.7 Å². The molecular weight excluding hydrogens is 923 g/mol. The van der Waals surface area contributed by atoms with Crippen LogP contribution in [-0.4, -0.2) is 44.4 Å². The number of aromatic nitrogens is 4. The van der Waals surface area contributed by atoms with Gasteiger partial charge in [-0.3, -0.25) is 29.9 Å². The summed E-state index contributed by atoms with van der Waals surface area (Å²) in [5.41, 5.74) is 13.7. The molecule has 4 aromatic heterocycles. The van der Waals surface area contributed by atoms with Gasteiger partial charge in [0.15, 0.2) is 0 Å². The summed E-state index contributed by atoms with van der Waals surface area (Å²) in [6, 6.07) is 35.5. The molecule has 0 saturated carbocycles. The summed E-state index contributed by atoms with van der Waals surface area (Å²) in [5, 5.41) is 9.92. The molecule has 6 aromatic rings. The molecule has 8 nitrogen and oxygen atoms in total. The Hall–Kier alpha value is -5.32. The van der Waals surface area contributed by atoms with Crippen LogP contribution in [0, 0.1) is 27.7 Å². The van der Waals surface area contributed by atoms with Gasteiger partial charge in [0, 0.05) is 101 Å². The smallest absolute Gasteiger partial charge is 0.0392 e. The molecule has 368 valence electrons. The van der Waals surface area contributed by atoms with Crippen molar-refractivity contribution in [3.8, 4) is 0 Å². The molecule has 6 rings (SSSR count). The van der Waals surface area contributed by atoms with Gasteiger partial charge < -0.3 is 10.6 Å². The van der Waals surface area contributed by atoms with E-state index in [0.717, 1.165) is 82.9 Å². The first kappa shape index (κ1) is 64.7. The summed E-state index contributed by atoms with van der Waals surface area (Å²) in [6.45, 7) is 46.1. The van der Waals surface area contributed by atoms with Crippen molar-refractivity contribution in [2.24, 2.45) is 9.98 Å². The van der Waals surface area contributed by atoms with Crippen molar-refractivity contribution >= 4 is 22.8 Å². The predicted octanol–water partition coefficient (Wildman–Crippen LogP) is 16.7. The van der Waals surface area contributed by atoms with E-state index in [4.69, 9.17) is 20.6 Å². The van der Waals surface area contributed by atoms with E-state index in [1.54, 1.807) is 24.8 Å². The van der Waals surface area contributed by atoms with Crippen LogP contribution in [0.1, 0.15) is 151 Å². The van der Waals surface area contributed by atoms with E-state index in [2.05, 4.69) is 153 Å². The van der Waals surface area contributed by atoms with Crippen LogP contribution in [-0.2, 0) is 51.7 Å². The second-order valence-corrected chi connectivity index (χ2v) is 17.2. The number of unbranched alkanes of at least 4 members (excludes halogenated alkanes) is 1. The number of hydrogen-bond donors (Lipinski definition) is 0. The van der Waals surface area contributed by atoms with Gasteiger partial charge in [-0.25, -0.2) is 27.7 Å². The van der Waals surface area contributed by atoms with Gasteiger partial charge >= 0.3 is 0 Å². The molecule has 0 fully saturated rings. The van der Waals surface area contributed by atoms with Gasteiger partial charge in [0.1, 0.15) is 0 Å². The van der Waals surface area contributed by atoms with Gasteiger partial charge in [0.25, 0.3) is 0 Å². The van der Waals surface area contributed by atoms with Gasteiger partial charge in [-0.1, -0.05) is 138 Å². The average molecular weight is 999 g/mol. The quantitative estimate of drug-likeness (QED) is 0.0580. The number of para-hydroxylation sites is 2. The van der Waals surface area contributed by atoms with Crippen molar-refractivity contribution in [1.82, 2.24) is 19.9 Å². The Bertz CT molecular complexity index is 2100. The van der Waals surface area contributed by atoms with E-state index in [1.807, 2.05) is 86.6 Å². The van der Waals surface area contributed by atoms with Crippen LogP contribution in [0.5, 0.6) is 0 Å². The zero-order valence-corrected chi connectivity index (χ0v) is 47.4. The summed E-state index contributed by atoms with van der Waals surface area (Å²) in [5.74, 6) is 1.60. The molecule has 0 amide bonds. The summed E-state index contributed by atoms with van der Waals surface area (Å²) in [4.78, 5) is 25.0. The fourth-order valence-corrected chi connectivity index (χ4v) is 6.21. The van der Waals surface area contributed by atoms with Crippen LogP contribution in [0.25, 0.3) is 10.6 Å². The van der Waals surface area contributed by atoms with Crippen molar-refractivity contribution < 1.29 is 51.7 Å². The molecule has 0 N–H and O–H groups in total. The van der Waals surface area contributed by atoms with Crippen LogP contribution in [0.2, 0.25) is 0 Å². The van der Waals surface area contributed by atoms with Crippen molar-refractivity contribution in [3.63, 3.8) is 0 Å². The minimum absolute atomic E-state index is 0. The summed E-state index contributed by atoms with van der Waals surface area (Å²) >= 11 is 0. The minimum atomic E-state index is 0. The SMILES string of the molecule is C=C([N-]c1c(C(C)C)cccc1C(C)C)C(C)=NCCCCN=C(C)C(=C)[N-]c1c(C(C)C)cccc1C(C)C.[CH2-]c1ccccn1.[CH2-]c1ccccn1.[CH2-]c1ccccn1.[CH2-]c1ccccn1.[Sc].[Sc]. The fourth-order valence-electron chi connectivity index (χ4n) is 6.21. The van der Waals surface area contributed by atoms with E-state index in [9.17, 15) is 0 Å². The predicted molar refractivity (Wildman–Crippen MR) is 294 cm³/mol. The number of aliphatic imine (C=N–C) groups is 2. The summed E-state index contributed by atoms with van der Waals surface area (Å²) in [7, 11) is 0. The van der Waals surface area contributed by atoms with Crippen LogP contribution in [0.4, 0.5) is 11.4 Å². The molecule has 0 aliphatic heterocycles. The van der Waals surface area contributed by atoms with Crippen molar-refractivity contribution in [2.75, 3.05) is 13.1 Å². The zero-order valence-electron chi connectivity index (χ0n) is 43.8. The van der Waals surface area contributed by atoms with Crippen molar-refractivity contribution in [1.29, 1.82) is 0 Å². The summed E-state index contributed by atoms with van der Waals surface area (Å²) in [6.07, 6.45) is 8.81. The first-order valence-corrected chi connectivity index (χ1v) is 23.4. The number of rotatable bonds is 15. The minimum Gasteiger partial charge on any atom is -0.656 e. The monoisotopic (exact) mass is 999 g/mol. The van der Waals surface area contributed by atoms with Gasteiger partial charge in [-0.05, 0) is 50.4 Å². The molecule has 0 bridgehead atoms. The van der Waals surface area contributed by atoms with Gasteiger partial charge in [0.2, 0.25) is 0 Å². The fraction of sp³-hybridized carbons (Fsp3) is 0.300. The van der Waals surface area contributed by atoms with Crippen LogP contribution >= 0.6 is 0 Å². The Morgan fingerprint density at radius 1 is 0.429 bits per heavy atom. The molecule has 2 radical (unpaired) electrons. The Morgan fingerprint density at radius 2 is 0.671 bits per heavy atom. The maximum absolute atomic E-state index is 4.96. The molecule has 0 aliphatic rings. The molecule has 0 saturated heterocycles. The Kier molecular flexibility index (Phi) is 33.8. The number of allylic oxidation sites excluding steroid dienone is 2. The van der Waals surface area contributed by atoms with Crippen LogP contribution in [0.15, 0.2) is 169 Å². The Balaban J connectivity index is 0.00000125. The maximum Gasteiger partial charge on any atom is 0.0392 e. The molecule has 4 heterocycles. The second-order valence-electron chi connectivity index (χ2n) is 17.2. The Morgan fingerprint density at radius 3 is 0.843 bits per heavy atom. The molecular formula is C60H76N8Sc2-6. The molecule has 0 unspecified atom stereocenters. The molecule has 0 atom stereocenters. The second kappa shape index (κ2) is 36.6. The number of hydrogen-bond acceptors (Lipinski definition) is 6. The maximum atomic E-state index is 4.96. The average Bonchev–Trinajstić information content (AvgIpc) is 3.31. The van der Waals surface area contributed by atoms with E-state index in [1.165, 1.54) is 22.3 Å². The third-order valence-electron chi connectivity index (χ3n) is 10.2. The number of nitrogens with zero attached hydrogens (tertiary/aromatic N) is 8. The first-order valence-electron chi connectivity index (χ1n) is 23.4. The molecule has 70 heavy (non-hydrogen) atoms. The molecule has 2 aromatic carbocycles. The van der Waals surface area contributed by atoms with Crippen molar-refractivity contribution in [2.45, 2.75) is 106 Å². The largest absolute Gasteiger partial charge is 0.656 e. The van der Waals surface area contributed by atoms with E-state index < -0.39 is 0 Å². The first-order chi connectivity index (χ1) is 32.4. The van der Waals surface area contributed by atoms with E-state index >= 15 is 0 Å². The van der Waals surface area contributed by atoms with Crippen molar-refractivity contribution in [3.05, 3.63) is 242 Å². The number of pyridine rings is 4. The van der Waals surface area contributed by atoms with Gasteiger partial charge in [-0.2, -0.15) is 24.3 Å². The standard InChI is InChI=1S/C36H52N4.4C6H6N.2Sc/c1-23(2)31-17-15-18-32(24(3)4)35(31)39-29(11)27(9)37-21-13-14-22-38-28(10)30(12)40-36-33(25(5)6)19-16-20-34(36)26(7)8;4*1-6-4-2-3-5-7-6;;/h15-20,23-26H,11-14,21-22H2,1-10H3;4*2-5H,1H2;;/q-2;4*-1;;. The molecule has 0 spiro atoms. The molecule has 10 heteroatoms. The number of benzene rings is 2. The Labute approximate surface area is 461 Å². The summed E-state index contributed by atoms with van der Waals surface area (Å²) < 4.78 is 0. The van der Waals surface area contributed by atoms with Crippen LogP contribution < -0.4 is 0 Å². The molecule has 0 aliphatic carbocycles. The topological polar surface area (TPSA) is 104 Å². The van der Waals surface area contributed by atoms with Gasteiger partial charge in [0.05, 0.1) is 0 Å². The third-order valence-corrected chi connectivity index (χ3v) is 10.2. The van der Waals surface area contributed by atoms with Gasteiger partial charge in [-0.15, -0.1) is 83.0 Å². The normalized spacial score (nSPS) is 10.6. The van der Waals surface area contributed by atoms with E-state index in [0.29, 0.717) is 23.7 Å².